The molecule has 1 aromatic heterocycles. The minimum Gasteiger partial charge on any atom is -0.319 e. The second-order valence-corrected chi connectivity index (χ2v) is 6.27. The van der Waals surface area contributed by atoms with Gasteiger partial charge in [-0.25, -0.2) is 0 Å². The number of thiophene rings is 1. The van der Waals surface area contributed by atoms with Crippen molar-refractivity contribution in [1.82, 2.24) is 10.6 Å². The molecule has 0 saturated heterocycles. The lowest BCUT2D eigenvalue weighted by atomic mass is 9.91. The first-order valence-corrected chi connectivity index (χ1v) is 7.37. The highest BCUT2D eigenvalue weighted by Gasteiger charge is 2.21. The van der Waals surface area contributed by atoms with E-state index in [1.807, 2.05) is 18.4 Å². The minimum atomic E-state index is 0.242. The van der Waals surface area contributed by atoms with Gasteiger partial charge in [-0.15, -0.1) is 11.3 Å². The van der Waals surface area contributed by atoms with Crippen molar-refractivity contribution in [3.05, 3.63) is 22.4 Å². The van der Waals surface area contributed by atoms with Gasteiger partial charge in [0, 0.05) is 16.8 Å². The molecule has 0 amide bonds. The van der Waals surface area contributed by atoms with Gasteiger partial charge in [0.1, 0.15) is 0 Å². The third-order valence-electron chi connectivity index (χ3n) is 3.26. The zero-order chi connectivity index (χ0) is 12.7. The van der Waals surface area contributed by atoms with Crippen LogP contribution < -0.4 is 10.6 Å². The molecule has 0 aliphatic rings. The van der Waals surface area contributed by atoms with E-state index in [4.69, 9.17) is 0 Å². The Bertz CT molecular complexity index is 293. The fourth-order valence-corrected chi connectivity index (χ4v) is 2.84. The Labute approximate surface area is 110 Å². The molecule has 1 aromatic rings. The molecule has 17 heavy (non-hydrogen) atoms. The SMILES string of the molecule is CCC(CNC)CNCC(C)(C)c1cccs1. The lowest BCUT2D eigenvalue weighted by Gasteiger charge is -2.25. The van der Waals surface area contributed by atoms with Gasteiger partial charge in [-0.3, -0.25) is 0 Å². The number of hydrogen-bond acceptors (Lipinski definition) is 3. The summed E-state index contributed by atoms with van der Waals surface area (Å²) in [5, 5.41) is 9.03. The molecule has 0 aliphatic carbocycles. The van der Waals surface area contributed by atoms with Crippen LogP contribution in [0.4, 0.5) is 0 Å². The third-order valence-corrected chi connectivity index (χ3v) is 4.49. The van der Waals surface area contributed by atoms with Crippen molar-refractivity contribution in [2.45, 2.75) is 32.6 Å². The molecule has 0 aliphatic heterocycles. The lowest BCUT2D eigenvalue weighted by Crippen LogP contribution is -2.37. The Hall–Kier alpha value is -0.380. The molecule has 0 fully saturated rings. The van der Waals surface area contributed by atoms with E-state index in [0.29, 0.717) is 0 Å². The van der Waals surface area contributed by atoms with Crippen molar-refractivity contribution in [2.24, 2.45) is 5.92 Å². The molecular formula is C14H26N2S. The maximum atomic E-state index is 3.62. The van der Waals surface area contributed by atoms with Gasteiger partial charge in [0.2, 0.25) is 0 Å². The molecule has 1 atom stereocenters. The van der Waals surface area contributed by atoms with E-state index >= 15 is 0 Å². The van der Waals surface area contributed by atoms with Gasteiger partial charge in [0.25, 0.3) is 0 Å². The fraction of sp³-hybridized carbons (Fsp3) is 0.714. The Morgan fingerprint density at radius 2 is 2.12 bits per heavy atom. The largest absolute Gasteiger partial charge is 0.319 e. The van der Waals surface area contributed by atoms with Crippen molar-refractivity contribution in [3.8, 4) is 0 Å². The monoisotopic (exact) mass is 254 g/mol. The Morgan fingerprint density at radius 3 is 2.65 bits per heavy atom. The molecule has 0 saturated carbocycles. The molecule has 0 spiro atoms. The molecule has 2 N–H and O–H groups in total. The molecule has 98 valence electrons. The smallest absolute Gasteiger partial charge is 0.0115 e. The topological polar surface area (TPSA) is 24.1 Å². The van der Waals surface area contributed by atoms with Crippen LogP contribution in [0, 0.1) is 5.92 Å². The van der Waals surface area contributed by atoms with Gasteiger partial charge in [0.05, 0.1) is 0 Å². The predicted molar refractivity (Wildman–Crippen MR) is 77.9 cm³/mol. The quantitative estimate of drug-likeness (QED) is 0.745. The van der Waals surface area contributed by atoms with Crippen LogP contribution in [0.2, 0.25) is 0 Å². The number of nitrogens with one attached hydrogen (secondary N) is 2. The van der Waals surface area contributed by atoms with E-state index in [1.165, 1.54) is 11.3 Å². The summed E-state index contributed by atoms with van der Waals surface area (Å²) < 4.78 is 0. The third kappa shape index (κ3) is 4.78. The van der Waals surface area contributed by atoms with Crippen LogP contribution in [0.15, 0.2) is 17.5 Å². The van der Waals surface area contributed by atoms with Crippen LogP contribution in [0.1, 0.15) is 32.1 Å². The highest BCUT2D eigenvalue weighted by molar-refractivity contribution is 7.10. The molecule has 1 heterocycles. The summed E-state index contributed by atoms with van der Waals surface area (Å²) in [4.78, 5) is 1.46. The van der Waals surface area contributed by atoms with E-state index in [2.05, 4.69) is 48.9 Å². The Balaban J connectivity index is 2.35. The maximum absolute atomic E-state index is 3.62. The first-order chi connectivity index (χ1) is 8.10. The molecular weight excluding hydrogens is 228 g/mol. The molecule has 2 nitrogen and oxygen atoms in total. The second-order valence-electron chi connectivity index (χ2n) is 5.32. The molecule has 0 bridgehead atoms. The van der Waals surface area contributed by atoms with Crippen LogP contribution in [0.25, 0.3) is 0 Å². The van der Waals surface area contributed by atoms with E-state index in [-0.39, 0.29) is 5.41 Å². The minimum absolute atomic E-state index is 0.242. The first kappa shape index (κ1) is 14.7. The highest BCUT2D eigenvalue weighted by Crippen LogP contribution is 2.26. The van der Waals surface area contributed by atoms with Crippen LogP contribution in [-0.4, -0.2) is 26.7 Å². The van der Waals surface area contributed by atoms with Crippen LogP contribution in [-0.2, 0) is 5.41 Å². The number of hydrogen-bond donors (Lipinski definition) is 2. The fourth-order valence-electron chi connectivity index (χ4n) is 1.99. The average molecular weight is 254 g/mol. The molecule has 1 rings (SSSR count). The van der Waals surface area contributed by atoms with Crippen LogP contribution in [0.5, 0.6) is 0 Å². The van der Waals surface area contributed by atoms with Gasteiger partial charge in [-0.2, -0.15) is 0 Å². The van der Waals surface area contributed by atoms with Crippen molar-refractivity contribution >= 4 is 11.3 Å². The predicted octanol–water partition coefficient (Wildman–Crippen LogP) is 2.86. The highest BCUT2D eigenvalue weighted by atomic mass is 32.1. The second kappa shape index (κ2) is 7.14. The summed E-state index contributed by atoms with van der Waals surface area (Å²) in [6, 6.07) is 4.37. The maximum Gasteiger partial charge on any atom is 0.0115 e. The summed E-state index contributed by atoms with van der Waals surface area (Å²) in [5.41, 5.74) is 0.242. The van der Waals surface area contributed by atoms with Crippen molar-refractivity contribution in [2.75, 3.05) is 26.7 Å². The molecule has 0 aromatic carbocycles. The lowest BCUT2D eigenvalue weighted by molar-refractivity contribution is 0.405. The van der Waals surface area contributed by atoms with Crippen LogP contribution >= 0.6 is 11.3 Å². The Kier molecular flexibility index (Phi) is 6.17. The van der Waals surface area contributed by atoms with E-state index in [1.54, 1.807) is 0 Å². The van der Waals surface area contributed by atoms with Crippen molar-refractivity contribution < 1.29 is 0 Å². The summed E-state index contributed by atoms with van der Waals surface area (Å²) in [7, 11) is 2.03. The van der Waals surface area contributed by atoms with Gasteiger partial charge in [-0.05, 0) is 37.5 Å². The Morgan fingerprint density at radius 1 is 1.35 bits per heavy atom. The zero-order valence-electron chi connectivity index (χ0n) is 11.5. The van der Waals surface area contributed by atoms with Crippen molar-refractivity contribution in [3.63, 3.8) is 0 Å². The first-order valence-electron chi connectivity index (χ1n) is 6.49. The summed E-state index contributed by atoms with van der Waals surface area (Å²) >= 11 is 1.85. The average Bonchev–Trinajstić information content (AvgIpc) is 2.81. The van der Waals surface area contributed by atoms with Gasteiger partial charge < -0.3 is 10.6 Å². The van der Waals surface area contributed by atoms with Gasteiger partial charge >= 0.3 is 0 Å². The molecule has 3 heteroatoms. The van der Waals surface area contributed by atoms with E-state index in [0.717, 1.165) is 25.6 Å². The summed E-state index contributed by atoms with van der Waals surface area (Å²) in [6.07, 6.45) is 1.23. The van der Waals surface area contributed by atoms with Crippen molar-refractivity contribution in [1.29, 1.82) is 0 Å². The summed E-state index contributed by atoms with van der Waals surface area (Å²) in [5.74, 6) is 0.735. The standard InChI is InChI=1S/C14H26N2S/c1-5-12(9-15-4)10-16-11-14(2,3)13-7-6-8-17-13/h6-8,12,15-16H,5,9-11H2,1-4H3. The zero-order valence-corrected chi connectivity index (χ0v) is 12.4. The molecule has 0 radical (unpaired) electrons. The van der Waals surface area contributed by atoms with E-state index < -0.39 is 0 Å². The number of rotatable bonds is 8. The normalized spacial score (nSPS) is 13.9. The van der Waals surface area contributed by atoms with Crippen LogP contribution in [0.3, 0.4) is 0 Å². The van der Waals surface area contributed by atoms with Gasteiger partial charge in [-0.1, -0.05) is 33.3 Å². The molecule has 1 unspecified atom stereocenters. The van der Waals surface area contributed by atoms with E-state index in [9.17, 15) is 0 Å². The summed E-state index contributed by atoms with van der Waals surface area (Å²) in [6.45, 7) is 10.1. The van der Waals surface area contributed by atoms with Gasteiger partial charge in [0.15, 0.2) is 0 Å².